The van der Waals surface area contributed by atoms with E-state index in [2.05, 4.69) is 0 Å². The van der Waals surface area contributed by atoms with Crippen molar-refractivity contribution in [3.05, 3.63) is 0 Å². The molecule has 0 fully saturated rings. The fourth-order valence-corrected chi connectivity index (χ4v) is 0.852. The number of aliphatic hydroxyl groups is 1. The average Bonchev–Trinajstić information content (AvgIpc) is 2.24. The lowest BCUT2D eigenvalue weighted by molar-refractivity contribution is -0.192. The van der Waals surface area contributed by atoms with Crippen molar-refractivity contribution < 1.29 is 24.2 Å². The van der Waals surface area contributed by atoms with Gasteiger partial charge in [-0.2, -0.15) is 0 Å². The van der Waals surface area contributed by atoms with Crippen LogP contribution in [0.3, 0.4) is 0 Å². The molecule has 1 atom stereocenters. The zero-order valence-corrected chi connectivity index (χ0v) is 10.6. The van der Waals surface area contributed by atoms with E-state index in [0.29, 0.717) is 0 Å². The largest absolute Gasteiger partial charge is 0.438 e. The summed E-state index contributed by atoms with van der Waals surface area (Å²) in [5.41, 5.74) is 4.50. The monoisotopic (exact) mass is 247 g/mol. The van der Waals surface area contributed by atoms with Crippen molar-refractivity contribution in [2.75, 3.05) is 13.3 Å². The molecule has 1 unspecified atom stereocenters. The minimum Gasteiger partial charge on any atom is -0.438 e. The molecule has 6 heteroatoms. The molecule has 0 aromatic carbocycles. The standard InChI is InChI=1S/C11H21NO5/c1-11(2,3)10(15)17-7-16-9(14)5-4-8(13)6-12/h9,14H,4-7,12H2,1-3H3. The number of esters is 1. The second kappa shape index (κ2) is 7.37. The van der Waals surface area contributed by atoms with Gasteiger partial charge in [0.15, 0.2) is 13.1 Å². The van der Waals surface area contributed by atoms with E-state index in [4.69, 9.17) is 15.2 Å². The van der Waals surface area contributed by atoms with Crippen LogP contribution in [0.1, 0.15) is 33.6 Å². The highest BCUT2D eigenvalue weighted by Gasteiger charge is 2.23. The van der Waals surface area contributed by atoms with Crippen LogP contribution in [0.5, 0.6) is 0 Å². The molecule has 0 rings (SSSR count). The first kappa shape index (κ1) is 16.0. The Kier molecular flexibility index (Phi) is 6.94. The topological polar surface area (TPSA) is 98.9 Å². The van der Waals surface area contributed by atoms with Crippen LogP contribution in [-0.4, -0.2) is 36.5 Å². The molecule has 100 valence electrons. The first-order valence-electron chi connectivity index (χ1n) is 5.46. The molecule has 0 saturated carbocycles. The van der Waals surface area contributed by atoms with Crippen LogP contribution in [-0.2, 0) is 19.1 Å². The summed E-state index contributed by atoms with van der Waals surface area (Å²) in [4.78, 5) is 22.2. The summed E-state index contributed by atoms with van der Waals surface area (Å²) in [7, 11) is 0. The van der Waals surface area contributed by atoms with Crippen molar-refractivity contribution >= 4 is 11.8 Å². The highest BCUT2D eigenvalue weighted by atomic mass is 16.7. The van der Waals surface area contributed by atoms with Crippen molar-refractivity contribution in [2.24, 2.45) is 11.1 Å². The van der Waals surface area contributed by atoms with Crippen LogP contribution < -0.4 is 5.73 Å². The third-order valence-electron chi connectivity index (χ3n) is 1.96. The Morgan fingerprint density at radius 2 is 1.94 bits per heavy atom. The van der Waals surface area contributed by atoms with Gasteiger partial charge in [-0.15, -0.1) is 0 Å². The Hall–Kier alpha value is -0.980. The SMILES string of the molecule is CC(C)(C)C(=O)OCOC(O)CCC(=O)CN. The molecule has 0 aliphatic carbocycles. The normalized spacial score (nSPS) is 13.2. The second-order valence-electron chi connectivity index (χ2n) is 4.70. The minimum atomic E-state index is -1.13. The van der Waals surface area contributed by atoms with Crippen molar-refractivity contribution in [2.45, 2.75) is 39.9 Å². The van der Waals surface area contributed by atoms with Gasteiger partial charge in [-0.3, -0.25) is 9.59 Å². The number of hydrogen-bond donors (Lipinski definition) is 2. The number of ketones is 1. The molecule has 0 aromatic rings. The van der Waals surface area contributed by atoms with Crippen LogP contribution >= 0.6 is 0 Å². The molecule has 0 aliphatic rings. The maximum absolute atomic E-state index is 11.3. The second-order valence-corrected chi connectivity index (χ2v) is 4.70. The predicted molar refractivity (Wildman–Crippen MR) is 60.8 cm³/mol. The average molecular weight is 247 g/mol. The predicted octanol–water partition coefficient (Wildman–Crippen LogP) is 0.176. The quantitative estimate of drug-likeness (QED) is 0.491. The summed E-state index contributed by atoms with van der Waals surface area (Å²) in [6.45, 7) is 4.77. The number of ether oxygens (including phenoxy) is 2. The van der Waals surface area contributed by atoms with E-state index in [1.807, 2.05) is 0 Å². The Balaban J connectivity index is 3.68. The number of nitrogens with two attached hydrogens (primary N) is 1. The number of carbonyl (C=O) groups is 2. The summed E-state index contributed by atoms with van der Waals surface area (Å²) in [5, 5.41) is 9.30. The fraction of sp³-hybridized carbons (Fsp3) is 0.818. The van der Waals surface area contributed by atoms with E-state index in [9.17, 15) is 14.7 Å². The van der Waals surface area contributed by atoms with Gasteiger partial charge in [0.2, 0.25) is 0 Å². The molecular weight excluding hydrogens is 226 g/mol. The Bertz CT molecular complexity index is 259. The highest BCUT2D eigenvalue weighted by molar-refractivity contribution is 5.80. The summed E-state index contributed by atoms with van der Waals surface area (Å²) in [5.74, 6) is -0.568. The van der Waals surface area contributed by atoms with E-state index < -0.39 is 17.7 Å². The molecule has 6 nitrogen and oxygen atoms in total. The minimum absolute atomic E-state index is 0.0499. The number of rotatable bonds is 7. The number of aliphatic hydroxyl groups excluding tert-OH is 1. The molecular formula is C11H21NO5. The van der Waals surface area contributed by atoms with E-state index in [0.717, 1.165) is 0 Å². The first-order chi connectivity index (χ1) is 7.77. The van der Waals surface area contributed by atoms with E-state index in [1.165, 1.54) is 0 Å². The number of Topliss-reactive ketones (excluding diaryl/α,β-unsaturated/α-hetero) is 1. The van der Waals surface area contributed by atoms with Gasteiger partial charge < -0.3 is 20.3 Å². The number of carbonyl (C=O) groups excluding carboxylic acids is 2. The van der Waals surface area contributed by atoms with Crippen molar-refractivity contribution in [1.82, 2.24) is 0 Å². The highest BCUT2D eigenvalue weighted by Crippen LogP contribution is 2.15. The van der Waals surface area contributed by atoms with E-state index >= 15 is 0 Å². The molecule has 0 amide bonds. The van der Waals surface area contributed by atoms with Gasteiger partial charge in [0.05, 0.1) is 12.0 Å². The lowest BCUT2D eigenvalue weighted by Crippen LogP contribution is -2.26. The zero-order chi connectivity index (χ0) is 13.5. The summed E-state index contributed by atoms with van der Waals surface area (Å²) < 4.78 is 9.60. The molecule has 0 saturated heterocycles. The molecule has 0 bridgehead atoms. The summed E-state index contributed by atoms with van der Waals surface area (Å²) in [6.07, 6.45) is -0.841. The van der Waals surface area contributed by atoms with Crippen molar-refractivity contribution in [3.8, 4) is 0 Å². The fourth-order valence-electron chi connectivity index (χ4n) is 0.852. The molecule has 0 heterocycles. The van der Waals surface area contributed by atoms with Gasteiger partial charge in [-0.05, 0) is 20.8 Å². The Labute approximate surface area is 101 Å². The third kappa shape index (κ3) is 7.84. The maximum Gasteiger partial charge on any atom is 0.313 e. The number of hydrogen-bond acceptors (Lipinski definition) is 6. The summed E-state index contributed by atoms with van der Waals surface area (Å²) >= 11 is 0. The van der Waals surface area contributed by atoms with Gasteiger partial charge in [-0.1, -0.05) is 0 Å². The molecule has 3 N–H and O–H groups in total. The zero-order valence-electron chi connectivity index (χ0n) is 10.6. The van der Waals surface area contributed by atoms with E-state index in [1.54, 1.807) is 20.8 Å². The first-order valence-corrected chi connectivity index (χ1v) is 5.46. The van der Waals surface area contributed by atoms with Crippen LogP contribution in [0, 0.1) is 5.41 Å². The smallest absolute Gasteiger partial charge is 0.313 e. The molecule has 0 spiro atoms. The Morgan fingerprint density at radius 1 is 1.35 bits per heavy atom. The molecule has 17 heavy (non-hydrogen) atoms. The summed E-state index contributed by atoms with van der Waals surface area (Å²) in [6, 6.07) is 0. The van der Waals surface area contributed by atoms with Crippen LogP contribution in [0.15, 0.2) is 0 Å². The van der Waals surface area contributed by atoms with Gasteiger partial charge in [0, 0.05) is 12.8 Å². The van der Waals surface area contributed by atoms with Crippen LogP contribution in [0.25, 0.3) is 0 Å². The molecule has 0 aromatic heterocycles. The van der Waals surface area contributed by atoms with Crippen LogP contribution in [0.2, 0.25) is 0 Å². The van der Waals surface area contributed by atoms with Crippen LogP contribution in [0.4, 0.5) is 0 Å². The van der Waals surface area contributed by atoms with Gasteiger partial charge in [0.1, 0.15) is 5.78 Å². The maximum atomic E-state index is 11.3. The lowest BCUT2D eigenvalue weighted by atomic mass is 9.98. The van der Waals surface area contributed by atoms with E-state index in [-0.39, 0.29) is 32.0 Å². The van der Waals surface area contributed by atoms with Gasteiger partial charge >= 0.3 is 5.97 Å². The van der Waals surface area contributed by atoms with Gasteiger partial charge in [-0.25, -0.2) is 0 Å². The van der Waals surface area contributed by atoms with Crippen molar-refractivity contribution in [3.63, 3.8) is 0 Å². The lowest BCUT2D eigenvalue weighted by Gasteiger charge is -2.17. The van der Waals surface area contributed by atoms with Crippen molar-refractivity contribution in [1.29, 1.82) is 0 Å². The molecule has 0 aliphatic heterocycles. The van der Waals surface area contributed by atoms with Gasteiger partial charge in [0.25, 0.3) is 0 Å². The third-order valence-corrected chi connectivity index (χ3v) is 1.96. The Morgan fingerprint density at radius 3 is 2.41 bits per heavy atom. The molecule has 0 radical (unpaired) electrons.